The van der Waals surface area contributed by atoms with Gasteiger partial charge in [0.25, 0.3) is 0 Å². The Hall–Kier alpha value is -4.14. The van der Waals surface area contributed by atoms with Gasteiger partial charge in [0.1, 0.15) is 54.0 Å². The minimum atomic E-state index is 0.621. The minimum absolute atomic E-state index is 0.621. The van der Waals surface area contributed by atoms with Gasteiger partial charge in [0, 0.05) is 0 Å². The molecule has 0 saturated heterocycles. The van der Waals surface area contributed by atoms with Crippen LogP contribution in [0.15, 0.2) is 102 Å². The maximum absolute atomic E-state index is 4.28. The Morgan fingerprint density at radius 3 is 1.15 bits per heavy atom. The summed E-state index contributed by atoms with van der Waals surface area (Å²) in [6, 6.07) is 0. The second kappa shape index (κ2) is 7.83. The number of nitrogens with one attached hydrogen (secondary N) is 3. The highest BCUT2D eigenvalue weighted by molar-refractivity contribution is 6.02. The Balaban J connectivity index is 1.65. The monoisotopic (exact) mass is 357 g/mol. The minimum Gasteiger partial charge on any atom is -0.325 e. The Morgan fingerprint density at radius 1 is 0.481 bits per heavy atom. The molecule has 4 rings (SSSR count). The van der Waals surface area contributed by atoms with Crippen molar-refractivity contribution >= 4 is 36.5 Å². The van der Waals surface area contributed by atoms with E-state index < -0.39 is 0 Å². The molecule has 9 nitrogen and oxygen atoms in total. The number of nitrogens with zero attached hydrogens (tertiary/aromatic N) is 6. The average Bonchev–Trinajstić information content (AvgIpc) is 2.69. The second-order valence-electron chi connectivity index (χ2n) is 5.38. The van der Waals surface area contributed by atoms with E-state index in [0.717, 1.165) is 0 Å². The molecule has 0 fully saturated rings. The maximum atomic E-state index is 4.28. The van der Waals surface area contributed by atoms with Gasteiger partial charge < -0.3 is 16.0 Å². The Labute approximate surface area is 155 Å². The van der Waals surface area contributed by atoms with Crippen LogP contribution in [0, 0.1) is 0 Å². The largest absolute Gasteiger partial charge is 0.325 e. The predicted molar refractivity (Wildman–Crippen MR) is 109 cm³/mol. The van der Waals surface area contributed by atoms with Gasteiger partial charge in [-0.05, 0) is 36.5 Å². The Kier molecular flexibility index (Phi) is 4.74. The number of rotatable bonds is 0. The summed E-state index contributed by atoms with van der Waals surface area (Å²) >= 11 is 0. The van der Waals surface area contributed by atoms with Gasteiger partial charge in [-0.15, -0.1) is 0 Å². The molecule has 0 saturated carbocycles. The summed E-state index contributed by atoms with van der Waals surface area (Å²) < 4.78 is 0. The van der Waals surface area contributed by atoms with E-state index in [4.69, 9.17) is 0 Å². The van der Waals surface area contributed by atoms with E-state index >= 15 is 0 Å². The number of hydrogen-bond donors (Lipinski definition) is 3. The summed E-state index contributed by atoms with van der Waals surface area (Å²) in [6.45, 7) is 0. The van der Waals surface area contributed by atoms with Crippen molar-refractivity contribution < 1.29 is 0 Å². The smallest absolute Gasteiger partial charge is 0.133 e. The number of amidine groups is 3. The van der Waals surface area contributed by atoms with Crippen LogP contribution in [-0.2, 0) is 0 Å². The van der Waals surface area contributed by atoms with Crippen molar-refractivity contribution in [2.75, 3.05) is 0 Å². The second-order valence-corrected chi connectivity index (χ2v) is 5.38. The van der Waals surface area contributed by atoms with Gasteiger partial charge in [-0.2, -0.15) is 0 Å². The van der Waals surface area contributed by atoms with Gasteiger partial charge in [0.05, 0.1) is 0 Å². The van der Waals surface area contributed by atoms with Crippen molar-refractivity contribution in [3.05, 3.63) is 72.1 Å². The standard InChI is InChI=1S/C18H15N9/c1-4-13-19-10-21-15-6-2-8-17(26-15)23-12-24-18-9-3-7-16(27-18)22-11-20-14(5-1)25-13/h1-12H,(H3,19,20,21,22,23,24,25,26,27). The summed E-state index contributed by atoms with van der Waals surface area (Å²) in [5, 5.41) is 9.25. The topological polar surface area (TPSA) is 110 Å². The van der Waals surface area contributed by atoms with Crippen LogP contribution in [-0.4, -0.2) is 36.5 Å². The van der Waals surface area contributed by atoms with Crippen LogP contribution in [0.4, 0.5) is 0 Å². The fourth-order valence-corrected chi connectivity index (χ4v) is 2.25. The van der Waals surface area contributed by atoms with Crippen molar-refractivity contribution in [2.24, 2.45) is 30.0 Å². The number of hydrogen-bond acceptors (Lipinski definition) is 9. The molecule has 6 bridgehead atoms. The zero-order valence-corrected chi connectivity index (χ0v) is 14.1. The van der Waals surface area contributed by atoms with Gasteiger partial charge >= 0.3 is 0 Å². The summed E-state index contributed by atoms with van der Waals surface area (Å²) in [6.07, 6.45) is 20.8. The zero-order valence-electron chi connectivity index (χ0n) is 14.1. The average molecular weight is 357 g/mol. The molecule has 0 amide bonds. The predicted octanol–water partition coefficient (Wildman–Crippen LogP) is 1.28. The fourth-order valence-electron chi connectivity index (χ4n) is 2.25. The molecule has 0 atom stereocenters. The lowest BCUT2D eigenvalue weighted by atomic mass is 10.3. The maximum Gasteiger partial charge on any atom is 0.133 e. The molecule has 27 heavy (non-hydrogen) atoms. The van der Waals surface area contributed by atoms with E-state index in [1.807, 2.05) is 54.7 Å². The molecule has 4 heterocycles. The van der Waals surface area contributed by atoms with Crippen LogP contribution in [0.25, 0.3) is 0 Å². The van der Waals surface area contributed by atoms with Crippen LogP contribution in [0.2, 0.25) is 0 Å². The molecule has 9 heteroatoms. The molecule has 132 valence electrons. The lowest BCUT2D eigenvalue weighted by Gasteiger charge is -2.11. The molecule has 3 N–H and O–H groups in total. The normalized spacial score (nSPS) is 20.4. The molecule has 0 aromatic rings. The van der Waals surface area contributed by atoms with Crippen LogP contribution < -0.4 is 16.0 Å². The first-order chi connectivity index (χ1) is 13.3. The van der Waals surface area contributed by atoms with Gasteiger partial charge in [-0.3, -0.25) is 0 Å². The molecule has 0 aliphatic carbocycles. The molecule has 0 aromatic heterocycles. The van der Waals surface area contributed by atoms with Crippen LogP contribution >= 0.6 is 0 Å². The number of dihydropyridines is 3. The first-order valence-electron chi connectivity index (χ1n) is 8.12. The zero-order chi connectivity index (χ0) is 18.3. The fraction of sp³-hybridized carbons (Fsp3) is 0. The number of fused-ring (bicyclic) bond motifs is 6. The van der Waals surface area contributed by atoms with E-state index in [0.29, 0.717) is 35.0 Å². The van der Waals surface area contributed by atoms with Crippen LogP contribution in [0.3, 0.4) is 0 Å². The SMILES string of the molecule is C1=CC2=NC=NC3=CC=CC(=NC=NC4=CC=CC(=NC=NC(=C1)N2)N4)N3. The van der Waals surface area contributed by atoms with Crippen molar-refractivity contribution in [1.29, 1.82) is 0 Å². The van der Waals surface area contributed by atoms with Gasteiger partial charge in [-0.1, -0.05) is 18.2 Å². The third-order valence-corrected chi connectivity index (χ3v) is 3.47. The Bertz CT molecular complexity index is 863. The van der Waals surface area contributed by atoms with Gasteiger partial charge in [0.15, 0.2) is 0 Å². The summed E-state index contributed by atoms with van der Waals surface area (Å²) in [7, 11) is 0. The lowest BCUT2D eigenvalue weighted by molar-refractivity contribution is 1.06. The van der Waals surface area contributed by atoms with Crippen molar-refractivity contribution in [3.63, 3.8) is 0 Å². The van der Waals surface area contributed by atoms with E-state index in [1.165, 1.54) is 19.0 Å². The van der Waals surface area contributed by atoms with Gasteiger partial charge in [-0.25, -0.2) is 30.0 Å². The highest BCUT2D eigenvalue weighted by Crippen LogP contribution is 2.03. The van der Waals surface area contributed by atoms with Gasteiger partial charge in [0.2, 0.25) is 0 Å². The summed E-state index contributed by atoms with van der Waals surface area (Å²) in [5.74, 6) is 3.73. The molecule has 0 spiro atoms. The van der Waals surface area contributed by atoms with E-state index in [9.17, 15) is 0 Å². The number of aliphatic imine (C=N–C) groups is 6. The van der Waals surface area contributed by atoms with E-state index in [1.54, 1.807) is 0 Å². The molecule has 0 aromatic carbocycles. The molecule has 4 aliphatic rings. The van der Waals surface area contributed by atoms with Crippen molar-refractivity contribution in [1.82, 2.24) is 16.0 Å². The molecular formula is C18H15N9. The first kappa shape index (κ1) is 16.3. The highest BCUT2D eigenvalue weighted by atomic mass is 15.2. The third-order valence-electron chi connectivity index (χ3n) is 3.47. The van der Waals surface area contributed by atoms with Crippen molar-refractivity contribution in [3.8, 4) is 0 Å². The molecule has 0 unspecified atom stereocenters. The first-order valence-corrected chi connectivity index (χ1v) is 8.12. The Morgan fingerprint density at radius 2 is 0.815 bits per heavy atom. The molecule has 0 radical (unpaired) electrons. The lowest BCUT2D eigenvalue weighted by Crippen LogP contribution is -2.24. The number of allylic oxidation sites excluding steroid dienone is 6. The molecule has 4 aliphatic heterocycles. The van der Waals surface area contributed by atoms with E-state index in [2.05, 4.69) is 45.9 Å². The van der Waals surface area contributed by atoms with E-state index in [-0.39, 0.29) is 0 Å². The van der Waals surface area contributed by atoms with Crippen LogP contribution in [0.1, 0.15) is 0 Å². The summed E-state index contributed by atoms with van der Waals surface area (Å²) in [4.78, 5) is 25.7. The highest BCUT2D eigenvalue weighted by Gasteiger charge is 2.05. The van der Waals surface area contributed by atoms with Crippen molar-refractivity contribution in [2.45, 2.75) is 0 Å². The van der Waals surface area contributed by atoms with Crippen LogP contribution in [0.5, 0.6) is 0 Å². The third kappa shape index (κ3) is 4.48. The quantitative estimate of drug-likeness (QED) is 0.607. The molecular weight excluding hydrogens is 342 g/mol. The summed E-state index contributed by atoms with van der Waals surface area (Å²) in [5.41, 5.74) is 0.